The molecule has 26 heavy (non-hydrogen) atoms. The zero-order chi connectivity index (χ0) is 18.3. The second-order valence-corrected chi connectivity index (χ2v) is 9.06. The zero-order valence-corrected chi connectivity index (χ0v) is 15.7. The van der Waals surface area contributed by atoms with E-state index in [-0.39, 0.29) is 16.4 Å². The number of sulfonamides is 1. The number of aryl methyl sites for hydroxylation is 1. The number of nitriles is 1. The van der Waals surface area contributed by atoms with Gasteiger partial charge in [-0.1, -0.05) is 23.5 Å². The van der Waals surface area contributed by atoms with Crippen LogP contribution in [0.25, 0.3) is 4.96 Å². The topological polar surface area (TPSA) is 104 Å². The van der Waals surface area contributed by atoms with Gasteiger partial charge in [-0.2, -0.15) is 19.2 Å². The minimum absolute atomic E-state index is 0.0790. The molecule has 0 N–H and O–H groups in total. The van der Waals surface area contributed by atoms with E-state index in [9.17, 15) is 13.7 Å². The predicted octanol–water partition coefficient (Wildman–Crippen LogP) is 1.93. The number of piperidine rings is 1. The molecular formula is C16H16N6O2S2. The Morgan fingerprint density at radius 1 is 1.23 bits per heavy atom. The summed E-state index contributed by atoms with van der Waals surface area (Å²) in [5, 5.41) is 22.8. The van der Waals surface area contributed by atoms with Crippen molar-refractivity contribution in [2.45, 2.75) is 30.6 Å². The molecule has 1 aliphatic rings. The zero-order valence-electron chi connectivity index (χ0n) is 14.0. The maximum atomic E-state index is 12.9. The molecule has 0 spiro atoms. The largest absolute Gasteiger partial charge is 0.244 e. The number of hydrogen-bond donors (Lipinski definition) is 0. The van der Waals surface area contributed by atoms with Gasteiger partial charge in [-0.3, -0.25) is 0 Å². The first-order valence-corrected chi connectivity index (χ1v) is 10.4. The van der Waals surface area contributed by atoms with Gasteiger partial charge in [0.25, 0.3) is 0 Å². The minimum Gasteiger partial charge on any atom is -0.207 e. The van der Waals surface area contributed by atoms with Gasteiger partial charge in [0.15, 0.2) is 5.82 Å². The van der Waals surface area contributed by atoms with Crippen LogP contribution in [0.3, 0.4) is 0 Å². The highest BCUT2D eigenvalue weighted by Crippen LogP contribution is 2.33. The van der Waals surface area contributed by atoms with E-state index in [0.717, 1.165) is 15.8 Å². The van der Waals surface area contributed by atoms with Crippen molar-refractivity contribution in [1.29, 1.82) is 5.26 Å². The number of nitrogens with zero attached hydrogens (tertiary/aromatic N) is 6. The van der Waals surface area contributed by atoms with Gasteiger partial charge >= 0.3 is 0 Å². The van der Waals surface area contributed by atoms with Crippen LogP contribution in [0.1, 0.15) is 35.2 Å². The fourth-order valence-corrected chi connectivity index (χ4v) is 5.83. The van der Waals surface area contributed by atoms with E-state index in [1.807, 2.05) is 13.0 Å². The van der Waals surface area contributed by atoms with Crippen molar-refractivity contribution in [3.8, 4) is 6.07 Å². The summed E-state index contributed by atoms with van der Waals surface area (Å²) in [5.41, 5.74) is 0.179. The number of rotatable bonds is 3. The van der Waals surface area contributed by atoms with Crippen LogP contribution >= 0.6 is 11.3 Å². The number of hydrogen-bond acceptors (Lipinski definition) is 7. The molecule has 1 aromatic carbocycles. The fourth-order valence-electron chi connectivity index (χ4n) is 3.16. The second-order valence-electron chi connectivity index (χ2n) is 6.17. The molecule has 0 radical (unpaired) electrons. The van der Waals surface area contributed by atoms with E-state index in [0.29, 0.717) is 25.9 Å². The van der Waals surface area contributed by atoms with Crippen molar-refractivity contribution in [2.24, 2.45) is 0 Å². The molecule has 0 atom stereocenters. The van der Waals surface area contributed by atoms with Crippen molar-refractivity contribution in [3.05, 3.63) is 40.7 Å². The van der Waals surface area contributed by atoms with Gasteiger partial charge in [-0.25, -0.2) is 8.42 Å². The van der Waals surface area contributed by atoms with Crippen molar-refractivity contribution in [1.82, 2.24) is 24.1 Å². The van der Waals surface area contributed by atoms with E-state index in [1.165, 1.54) is 27.8 Å². The molecule has 8 nitrogen and oxygen atoms in total. The molecule has 1 fully saturated rings. The van der Waals surface area contributed by atoms with E-state index in [2.05, 4.69) is 15.3 Å². The standard InChI is InChI=1S/C16H16N6O2S2/c1-11-18-19-16-22(11)20-15(25-16)12-6-8-21(9-7-12)26(23,24)14-5-3-2-4-13(14)10-17/h2-5,12H,6-9H2,1H3. The molecule has 134 valence electrons. The lowest BCUT2D eigenvalue weighted by Gasteiger charge is -2.30. The Bertz CT molecular complexity index is 1100. The first-order chi connectivity index (χ1) is 12.5. The van der Waals surface area contributed by atoms with E-state index in [4.69, 9.17) is 0 Å². The van der Waals surface area contributed by atoms with Crippen LogP contribution in [-0.2, 0) is 10.0 Å². The predicted molar refractivity (Wildman–Crippen MR) is 95.3 cm³/mol. The number of aromatic nitrogens is 4. The van der Waals surface area contributed by atoms with Crippen LogP contribution in [0.4, 0.5) is 0 Å². The molecule has 3 heterocycles. The van der Waals surface area contributed by atoms with Crippen LogP contribution < -0.4 is 0 Å². The van der Waals surface area contributed by atoms with E-state index >= 15 is 0 Å². The third kappa shape index (κ3) is 2.78. The summed E-state index contributed by atoms with van der Waals surface area (Å²) >= 11 is 1.50. The molecular weight excluding hydrogens is 372 g/mol. The molecule has 0 saturated carbocycles. The van der Waals surface area contributed by atoms with Crippen LogP contribution in [0.2, 0.25) is 0 Å². The van der Waals surface area contributed by atoms with Gasteiger partial charge in [-0.15, -0.1) is 10.2 Å². The Hall–Kier alpha value is -2.35. The molecule has 0 amide bonds. The van der Waals surface area contributed by atoms with Crippen LogP contribution in [0.5, 0.6) is 0 Å². The lowest BCUT2D eigenvalue weighted by molar-refractivity contribution is 0.318. The molecule has 0 aliphatic carbocycles. The van der Waals surface area contributed by atoms with Crippen molar-refractivity contribution < 1.29 is 8.42 Å². The van der Waals surface area contributed by atoms with Gasteiger partial charge in [0.05, 0.1) is 10.5 Å². The van der Waals surface area contributed by atoms with Crippen LogP contribution in [0.15, 0.2) is 29.2 Å². The normalized spacial score (nSPS) is 16.8. The number of fused-ring (bicyclic) bond motifs is 1. The summed E-state index contributed by atoms with van der Waals surface area (Å²) in [6.07, 6.45) is 1.38. The van der Waals surface area contributed by atoms with Gasteiger partial charge < -0.3 is 0 Å². The summed E-state index contributed by atoms with van der Waals surface area (Å²) in [6.45, 7) is 2.67. The van der Waals surface area contributed by atoms with Gasteiger partial charge in [0.1, 0.15) is 11.1 Å². The molecule has 0 unspecified atom stereocenters. The van der Waals surface area contributed by atoms with Gasteiger partial charge in [-0.05, 0) is 31.9 Å². The quantitative estimate of drug-likeness (QED) is 0.679. The Morgan fingerprint density at radius 2 is 1.96 bits per heavy atom. The average molecular weight is 388 g/mol. The molecule has 1 aliphatic heterocycles. The molecule has 3 aromatic rings. The smallest absolute Gasteiger partial charge is 0.207 e. The SMILES string of the molecule is Cc1nnc2sc(C3CCN(S(=O)(=O)c4ccccc4C#N)CC3)nn12. The average Bonchev–Trinajstić information content (AvgIpc) is 3.24. The summed E-state index contributed by atoms with van der Waals surface area (Å²) < 4.78 is 29.0. The Balaban J connectivity index is 1.53. The van der Waals surface area contributed by atoms with Gasteiger partial charge in [0, 0.05) is 19.0 Å². The monoisotopic (exact) mass is 388 g/mol. The third-order valence-corrected chi connectivity index (χ3v) is 7.61. The van der Waals surface area contributed by atoms with E-state index in [1.54, 1.807) is 16.6 Å². The molecule has 2 aromatic heterocycles. The molecule has 0 bridgehead atoms. The summed E-state index contributed by atoms with van der Waals surface area (Å²) in [5.74, 6) is 0.953. The lowest BCUT2D eigenvalue weighted by Crippen LogP contribution is -2.38. The molecule has 1 saturated heterocycles. The van der Waals surface area contributed by atoms with Crippen molar-refractivity contribution >= 4 is 26.3 Å². The maximum Gasteiger partial charge on any atom is 0.244 e. The van der Waals surface area contributed by atoms with Crippen LogP contribution in [-0.4, -0.2) is 45.6 Å². The highest BCUT2D eigenvalue weighted by Gasteiger charge is 2.32. The first-order valence-electron chi connectivity index (χ1n) is 8.18. The molecule has 10 heteroatoms. The number of benzene rings is 1. The summed E-state index contributed by atoms with van der Waals surface area (Å²) in [4.78, 5) is 0.839. The molecule has 4 rings (SSSR count). The minimum atomic E-state index is -3.66. The van der Waals surface area contributed by atoms with Gasteiger partial charge in [0.2, 0.25) is 15.0 Å². The third-order valence-electron chi connectivity index (χ3n) is 4.59. The summed E-state index contributed by atoms with van der Waals surface area (Å²) in [7, 11) is -3.66. The van der Waals surface area contributed by atoms with Crippen molar-refractivity contribution in [3.63, 3.8) is 0 Å². The lowest BCUT2D eigenvalue weighted by atomic mass is 9.99. The Morgan fingerprint density at radius 3 is 2.65 bits per heavy atom. The Kier molecular flexibility index (Phi) is 4.22. The van der Waals surface area contributed by atoms with Crippen molar-refractivity contribution in [2.75, 3.05) is 13.1 Å². The highest BCUT2D eigenvalue weighted by atomic mass is 32.2. The second kappa shape index (κ2) is 6.42. The van der Waals surface area contributed by atoms with Crippen LogP contribution in [0, 0.1) is 18.3 Å². The summed E-state index contributed by atoms with van der Waals surface area (Å²) in [6, 6.07) is 8.29. The highest BCUT2D eigenvalue weighted by molar-refractivity contribution is 7.89. The first kappa shape index (κ1) is 17.1. The maximum absolute atomic E-state index is 12.9. The Labute approximate surface area is 154 Å². The fraction of sp³-hybridized carbons (Fsp3) is 0.375. The van der Waals surface area contributed by atoms with E-state index < -0.39 is 10.0 Å².